The van der Waals surface area contributed by atoms with Gasteiger partial charge in [-0.05, 0) is 88.4 Å². The molecule has 0 aliphatic carbocycles. The first-order chi connectivity index (χ1) is 26.0. The van der Waals surface area contributed by atoms with E-state index in [0.717, 1.165) is 77.0 Å². The molecule has 0 bridgehead atoms. The van der Waals surface area contributed by atoms with Gasteiger partial charge in [0.25, 0.3) is 0 Å². The molecule has 8 heteroatoms. The average molecular weight is 720 g/mol. The molecular weight excluding hydrogens is 671 g/mol. The maximum Gasteiger partial charge on any atom is 0.410 e. The fraction of sp³-hybridized carbons (Fsp3) is 0.326. The zero-order valence-corrected chi connectivity index (χ0v) is 31.9. The number of ether oxygens (including phenoxy) is 2. The van der Waals surface area contributed by atoms with Gasteiger partial charge in [0.1, 0.15) is 16.8 Å². The minimum absolute atomic E-state index is 0.0222. The molecule has 54 heavy (non-hydrogen) atoms. The zero-order chi connectivity index (χ0) is 37.5. The summed E-state index contributed by atoms with van der Waals surface area (Å²) in [6.45, 7) is 13.0. The largest absolute Gasteiger partial charge is 0.475 e. The van der Waals surface area contributed by atoms with Gasteiger partial charge in [0.05, 0.1) is 11.6 Å². The number of carbonyl (C=O) groups is 1. The molecule has 2 aromatic heterocycles. The number of hydrogen-bond acceptors (Lipinski definition) is 6. The van der Waals surface area contributed by atoms with E-state index >= 15 is 0 Å². The van der Waals surface area contributed by atoms with E-state index in [1.807, 2.05) is 51.8 Å². The van der Waals surface area contributed by atoms with Crippen LogP contribution in [0, 0.1) is 5.41 Å². The molecule has 1 unspecified atom stereocenters. The summed E-state index contributed by atoms with van der Waals surface area (Å²) < 4.78 is 13.9. The van der Waals surface area contributed by atoms with Crippen molar-refractivity contribution in [2.24, 2.45) is 5.41 Å². The molecule has 276 valence electrons. The Kier molecular flexibility index (Phi) is 9.16. The van der Waals surface area contributed by atoms with Crippen LogP contribution in [0.4, 0.5) is 10.5 Å². The second kappa shape index (κ2) is 14.0. The molecule has 4 heterocycles. The van der Waals surface area contributed by atoms with Crippen molar-refractivity contribution in [2.45, 2.75) is 64.7 Å². The van der Waals surface area contributed by atoms with Crippen molar-refractivity contribution < 1.29 is 14.3 Å². The topological polar surface area (TPSA) is 72.7 Å². The molecule has 0 radical (unpaired) electrons. The van der Waals surface area contributed by atoms with Crippen LogP contribution in [0.1, 0.15) is 64.2 Å². The summed E-state index contributed by atoms with van der Waals surface area (Å²) in [6, 6.07) is 42.8. The number of rotatable bonds is 8. The van der Waals surface area contributed by atoms with Crippen LogP contribution >= 0.6 is 0 Å². The van der Waals surface area contributed by atoms with Crippen LogP contribution in [-0.2, 0) is 10.3 Å². The first-order valence-electron chi connectivity index (χ1n) is 19.1. The van der Waals surface area contributed by atoms with Gasteiger partial charge in [-0.15, -0.1) is 0 Å². The molecule has 0 saturated carbocycles. The van der Waals surface area contributed by atoms with Crippen molar-refractivity contribution >= 4 is 22.7 Å². The molecule has 1 atom stereocenters. The van der Waals surface area contributed by atoms with E-state index in [0.29, 0.717) is 12.4 Å². The van der Waals surface area contributed by atoms with Crippen molar-refractivity contribution in [1.29, 1.82) is 0 Å². The van der Waals surface area contributed by atoms with Crippen LogP contribution < -0.4 is 9.64 Å². The predicted octanol–water partition coefficient (Wildman–Crippen LogP) is 9.56. The Morgan fingerprint density at radius 1 is 0.759 bits per heavy atom. The number of pyridine rings is 1. The van der Waals surface area contributed by atoms with Crippen molar-refractivity contribution in [3.63, 3.8) is 0 Å². The van der Waals surface area contributed by atoms with Gasteiger partial charge in [0.15, 0.2) is 0 Å². The van der Waals surface area contributed by atoms with Crippen LogP contribution in [0.3, 0.4) is 0 Å². The quantitative estimate of drug-likeness (QED) is 0.146. The Labute approximate surface area is 318 Å². The Morgan fingerprint density at radius 3 is 1.93 bits per heavy atom. The fourth-order valence-corrected chi connectivity index (χ4v) is 8.41. The lowest BCUT2D eigenvalue weighted by molar-refractivity contribution is 0.0276. The van der Waals surface area contributed by atoms with Gasteiger partial charge < -0.3 is 19.3 Å². The molecular formula is C46H49N5O3. The van der Waals surface area contributed by atoms with Gasteiger partial charge in [-0.1, -0.05) is 91.0 Å². The van der Waals surface area contributed by atoms with Crippen molar-refractivity contribution in [3.05, 3.63) is 144 Å². The Balaban J connectivity index is 1.27. The number of benzene rings is 4. The summed E-state index contributed by atoms with van der Waals surface area (Å²) in [4.78, 5) is 22.1. The van der Waals surface area contributed by atoms with Crippen LogP contribution in [0.15, 0.2) is 128 Å². The first-order valence-corrected chi connectivity index (χ1v) is 19.1. The van der Waals surface area contributed by atoms with Gasteiger partial charge in [0, 0.05) is 60.5 Å². The monoisotopic (exact) mass is 719 g/mol. The second-order valence-corrected chi connectivity index (χ2v) is 16.1. The lowest BCUT2D eigenvalue weighted by Crippen LogP contribution is -2.38. The molecule has 6 aromatic rings. The van der Waals surface area contributed by atoms with Crippen LogP contribution in [0.2, 0.25) is 0 Å². The molecule has 1 spiro atoms. The van der Waals surface area contributed by atoms with E-state index in [-0.39, 0.29) is 17.6 Å². The smallest absolute Gasteiger partial charge is 0.410 e. The van der Waals surface area contributed by atoms with E-state index in [1.54, 1.807) is 0 Å². The number of anilines is 1. The van der Waals surface area contributed by atoms with Gasteiger partial charge in [-0.2, -0.15) is 5.10 Å². The molecule has 8 rings (SSSR count). The summed E-state index contributed by atoms with van der Waals surface area (Å²) in [5.41, 5.74) is 6.00. The summed E-state index contributed by atoms with van der Waals surface area (Å²) in [5.74, 6) is 0.588. The maximum atomic E-state index is 13.0. The lowest BCUT2D eigenvalue weighted by atomic mass is 9.77. The number of fused-ring (bicyclic) bond motifs is 1. The Morgan fingerprint density at radius 2 is 1.37 bits per heavy atom. The number of amides is 1. The van der Waals surface area contributed by atoms with Crippen molar-refractivity contribution in [1.82, 2.24) is 19.7 Å². The molecule has 2 fully saturated rings. The zero-order valence-electron chi connectivity index (χ0n) is 31.9. The number of aromatic nitrogens is 3. The van der Waals surface area contributed by atoms with E-state index < -0.39 is 11.1 Å². The third-order valence-corrected chi connectivity index (χ3v) is 10.8. The summed E-state index contributed by atoms with van der Waals surface area (Å²) >= 11 is 0. The van der Waals surface area contributed by atoms with E-state index in [2.05, 4.69) is 125 Å². The first kappa shape index (κ1) is 35.4. The fourth-order valence-electron chi connectivity index (χ4n) is 8.41. The Hall–Kier alpha value is -5.63. The van der Waals surface area contributed by atoms with Gasteiger partial charge in [-0.25, -0.2) is 14.5 Å². The highest BCUT2D eigenvalue weighted by Gasteiger charge is 2.46. The van der Waals surface area contributed by atoms with Crippen molar-refractivity contribution in [2.75, 3.05) is 31.1 Å². The minimum Gasteiger partial charge on any atom is -0.475 e. The standard InChI is InChI=1S/C46H49N5O3/c1-33(2)53-41-24-21-34(30-47-41)42-39-29-38(49-27-25-45(31-49)26-28-50(32-45)43(52)54-44(3,4)5)22-23-40(39)51(48-42)46(35-15-9-6-10-16-35,36-17-11-7-12-18-36)37-19-13-8-14-20-37/h6-24,29-30,33H,25-28,31-32H2,1-5H3. The third kappa shape index (κ3) is 6.59. The predicted molar refractivity (Wildman–Crippen MR) is 215 cm³/mol. The Bertz CT molecular complexity index is 2130. The summed E-state index contributed by atoms with van der Waals surface area (Å²) in [5, 5.41) is 6.65. The highest BCUT2D eigenvalue weighted by Crippen LogP contribution is 2.46. The molecule has 1 amide bonds. The third-order valence-electron chi connectivity index (χ3n) is 10.8. The molecule has 2 saturated heterocycles. The van der Waals surface area contributed by atoms with Gasteiger partial charge in [0.2, 0.25) is 5.88 Å². The molecule has 0 N–H and O–H groups in total. The highest BCUT2D eigenvalue weighted by atomic mass is 16.6. The highest BCUT2D eigenvalue weighted by molar-refractivity contribution is 5.96. The minimum atomic E-state index is -0.789. The van der Waals surface area contributed by atoms with Crippen LogP contribution in [0.25, 0.3) is 22.2 Å². The van der Waals surface area contributed by atoms with Crippen molar-refractivity contribution in [3.8, 4) is 17.1 Å². The van der Waals surface area contributed by atoms with E-state index in [4.69, 9.17) is 19.6 Å². The summed E-state index contributed by atoms with van der Waals surface area (Å²) in [7, 11) is 0. The van der Waals surface area contributed by atoms with E-state index in [1.165, 1.54) is 0 Å². The molecule has 4 aromatic carbocycles. The number of carbonyl (C=O) groups excluding carboxylic acids is 1. The summed E-state index contributed by atoms with van der Waals surface area (Å²) in [6.07, 6.45) is 3.68. The van der Waals surface area contributed by atoms with Gasteiger partial charge >= 0.3 is 6.09 Å². The van der Waals surface area contributed by atoms with Crippen LogP contribution in [0.5, 0.6) is 5.88 Å². The van der Waals surface area contributed by atoms with Crippen LogP contribution in [-0.4, -0.2) is 63.6 Å². The average Bonchev–Trinajstić information content (AvgIpc) is 3.90. The van der Waals surface area contributed by atoms with E-state index in [9.17, 15) is 4.79 Å². The SMILES string of the molecule is CC(C)Oc1ccc(-c2nn(C(c3ccccc3)(c3ccccc3)c3ccccc3)c3ccc(N4CCC5(CCN(C(=O)OC(C)(C)C)C5)C4)cc23)cn1. The number of hydrogen-bond donors (Lipinski definition) is 0. The molecule has 2 aliphatic heterocycles. The number of likely N-dealkylation sites (tertiary alicyclic amines) is 1. The van der Waals surface area contributed by atoms with Gasteiger partial charge in [-0.3, -0.25) is 0 Å². The molecule has 2 aliphatic rings. The number of nitrogens with zero attached hydrogens (tertiary/aromatic N) is 5. The molecule has 8 nitrogen and oxygen atoms in total. The normalized spacial score (nSPS) is 17.5. The maximum absolute atomic E-state index is 13.0. The second-order valence-electron chi connectivity index (χ2n) is 16.1. The lowest BCUT2D eigenvalue weighted by Gasteiger charge is -2.37.